The van der Waals surface area contributed by atoms with Gasteiger partial charge in [0.05, 0.1) is 0 Å². The lowest BCUT2D eigenvalue weighted by atomic mass is 10.1. The third-order valence-electron chi connectivity index (χ3n) is 2.20. The van der Waals surface area contributed by atoms with E-state index in [9.17, 15) is 0 Å². The minimum Gasteiger partial charge on any atom is -0.490 e. The van der Waals surface area contributed by atoms with Gasteiger partial charge in [-0.05, 0) is 45.0 Å². The topological polar surface area (TPSA) is 21.3 Å². The van der Waals surface area contributed by atoms with Gasteiger partial charge >= 0.3 is 0 Å². The molecule has 2 nitrogen and oxygen atoms in total. The number of ether oxygens (including phenoxy) is 1. The number of nitrogens with one attached hydrogen (secondary N) is 1. The Labute approximate surface area is 86.3 Å². The second kappa shape index (κ2) is 6.44. The van der Waals surface area contributed by atoms with Gasteiger partial charge in [0, 0.05) is 0 Å². The van der Waals surface area contributed by atoms with Gasteiger partial charge in [0.25, 0.3) is 0 Å². The Morgan fingerprint density at radius 3 is 2.71 bits per heavy atom. The molecule has 1 aliphatic heterocycles. The molecule has 1 rings (SSSR count). The molecule has 0 aromatic rings. The smallest absolute Gasteiger partial charge is 0.119 e. The van der Waals surface area contributed by atoms with E-state index in [0.717, 1.165) is 31.7 Å². The maximum atomic E-state index is 5.84. The molecule has 0 saturated carbocycles. The quantitative estimate of drug-likeness (QED) is 0.547. The molecular formula is C12H19NO. The zero-order valence-corrected chi connectivity index (χ0v) is 8.83. The number of hydrogen-bond donors (Lipinski definition) is 1. The summed E-state index contributed by atoms with van der Waals surface area (Å²) < 4.78 is 5.84. The molecule has 0 radical (unpaired) electrons. The molecule has 0 aliphatic carbocycles. The molecule has 0 amide bonds. The summed E-state index contributed by atoms with van der Waals surface area (Å²) in [6.45, 7) is 7.78. The SMILES string of the molecule is C=C/C=C(\C=C/C)OC1CCNCC1. The minimum absolute atomic E-state index is 0.360. The number of rotatable bonds is 4. The van der Waals surface area contributed by atoms with Crippen molar-refractivity contribution in [2.75, 3.05) is 13.1 Å². The molecule has 0 aromatic carbocycles. The van der Waals surface area contributed by atoms with Crippen molar-refractivity contribution in [3.63, 3.8) is 0 Å². The third-order valence-corrected chi connectivity index (χ3v) is 2.20. The van der Waals surface area contributed by atoms with Crippen LogP contribution >= 0.6 is 0 Å². The molecule has 1 fully saturated rings. The molecule has 2 heteroatoms. The molecule has 0 unspecified atom stereocenters. The van der Waals surface area contributed by atoms with Crippen molar-refractivity contribution in [1.29, 1.82) is 0 Å². The summed E-state index contributed by atoms with van der Waals surface area (Å²) in [5.41, 5.74) is 0. The fourth-order valence-corrected chi connectivity index (χ4v) is 1.52. The van der Waals surface area contributed by atoms with Crippen LogP contribution < -0.4 is 5.32 Å². The Kier molecular flexibility index (Phi) is 5.08. The van der Waals surface area contributed by atoms with Gasteiger partial charge in [-0.25, -0.2) is 0 Å². The van der Waals surface area contributed by atoms with Crippen LogP contribution in [0.2, 0.25) is 0 Å². The van der Waals surface area contributed by atoms with Gasteiger partial charge in [0.1, 0.15) is 11.9 Å². The highest BCUT2D eigenvalue weighted by atomic mass is 16.5. The van der Waals surface area contributed by atoms with E-state index < -0.39 is 0 Å². The first-order chi connectivity index (χ1) is 6.86. The summed E-state index contributed by atoms with van der Waals surface area (Å²) in [7, 11) is 0. The first-order valence-corrected chi connectivity index (χ1v) is 5.19. The molecule has 14 heavy (non-hydrogen) atoms. The van der Waals surface area contributed by atoms with Crippen molar-refractivity contribution in [3.8, 4) is 0 Å². The Hall–Kier alpha value is -1.02. The maximum absolute atomic E-state index is 5.84. The average Bonchev–Trinajstić information content (AvgIpc) is 2.20. The Bertz CT molecular complexity index is 224. The van der Waals surface area contributed by atoms with Gasteiger partial charge in [-0.3, -0.25) is 0 Å². The van der Waals surface area contributed by atoms with Crippen molar-refractivity contribution in [2.24, 2.45) is 0 Å². The summed E-state index contributed by atoms with van der Waals surface area (Å²) in [6, 6.07) is 0. The van der Waals surface area contributed by atoms with Crippen LogP contribution in [0.25, 0.3) is 0 Å². The van der Waals surface area contributed by atoms with E-state index in [0.29, 0.717) is 6.10 Å². The van der Waals surface area contributed by atoms with E-state index in [1.807, 2.05) is 25.2 Å². The van der Waals surface area contributed by atoms with Gasteiger partial charge in [-0.2, -0.15) is 0 Å². The monoisotopic (exact) mass is 193 g/mol. The van der Waals surface area contributed by atoms with Crippen LogP contribution in [0.15, 0.2) is 36.6 Å². The number of piperidine rings is 1. The molecule has 78 valence electrons. The second-order valence-corrected chi connectivity index (χ2v) is 3.37. The number of hydrogen-bond acceptors (Lipinski definition) is 2. The normalized spacial score (nSPS) is 19.9. The Balaban J connectivity index is 2.45. The molecule has 0 aromatic heterocycles. The van der Waals surface area contributed by atoms with Crippen LogP contribution in [0.5, 0.6) is 0 Å². The molecule has 0 spiro atoms. The molecule has 1 N–H and O–H groups in total. The van der Waals surface area contributed by atoms with Crippen LogP contribution in [-0.2, 0) is 4.74 Å². The van der Waals surface area contributed by atoms with E-state index in [1.54, 1.807) is 6.08 Å². The van der Waals surface area contributed by atoms with E-state index >= 15 is 0 Å². The minimum atomic E-state index is 0.360. The van der Waals surface area contributed by atoms with Gasteiger partial charge < -0.3 is 10.1 Å². The lowest BCUT2D eigenvalue weighted by molar-refractivity contribution is 0.0960. The molecule has 1 aliphatic rings. The predicted octanol–water partition coefficient (Wildman–Crippen LogP) is 2.40. The van der Waals surface area contributed by atoms with Gasteiger partial charge in [0.2, 0.25) is 0 Å². The lowest BCUT2D eigenvalue weighted by Crippen LogP contribution is -2.32. The molecular weight excluding hydrogens is 174 g/mol. The highest BCUT2D eigenvalue weighted by Crippen LogP contribution is 2.13. The molecule has 0 atom stereocenters. The van der Waals surface area contributed by atoms with E-state index in [2.05, 4.69) is 11.9 Å². The summed E-state index contributed by atoms with van der Waals surface area (Å²) in [5, 5.41) is 3.31. The first-order valence-electron chi connectivity index (χ1n) is 5.19. The van der Waals surface area contributed by atoms with E-state index in [4.69, 9.17) is 4.74 Å². The van der Waals surface area contributed by atoms with Crippen molar-refractivity contribution >= 4 is 0 Å². The first kappa shape index (κ1) is 11.1. The third kappa shape index (κ3) is 3.79. The van der Waals surface area contributed by atoms with Crippen LogP contribution in [0.4, 0.5) is 0 Å². The van der Waals surface area contributed by atoms with Crippen molar-refractivity contribution in [2.45, 2.75) is 25.9 Å². The van der Waals surface area contributed by atoms with Crippen LogP contribution in [0, 0.1) is 0 Å². The second-order valence-electron chi connectivity index (χ2n) is 3.37. The summed E-state index contributed by atoms with van der Waals surface area (Å²) in [4.78, 5) is 0. The zero-order valence-electron chi connectivity index (χ0n) is 8.83. The predicted molar refractivity (Wildman–Crippen MR) is 60.1 cm³/mol. The van der Waals surface area contributed by atoms with E-state index in [1.165, 1.54) is 0 Å². The Morgan fingerprint density at radius 2 is 2.14 bits per heavy atom. The Morgan fingerprint density at radius 1 is 1.43 bits per heavy atom. The average molecular weight is 193 g/mol. The van der Waals surface area contributed by atoms with Crippen LogP contribution in [0.3, 0.4) is 0 Å². The van der Waals surface area contributed by atoms with Crippen molar-refractivity contribution < 1.29 is 4.74 Å². The van der Waals surface area contributed by atoms with Crippen LogP contribution in [-0.4, -0.2) is 19.2 Å². The summed E-state index contributed by atoms with van der Waals surface area (Å²) >= 11 is 0. The highest BCUT2D eigenvalue weighted by Gasteiger charge is 2.13. The number of allylic oxidation sites excluding steroid dienone is 4. The summed E-state index contributed by atoms with van der Waals surface area (Å²) in [5.74, 6) is 0.911. The standard InChI is InChI=1S/C12H19NO/c1-3-5-11(6-4-2)14-12-7-9-13-10-8-12/h3-6,12-13H,1,7-10H2,2H3/b6-4-,11-5+. The van der Waals surface area contributed by atoms with Crippen LogP contribution in [0.1, 0.15) is 19.8 Å². The largest absolute Gasteiger partial charge is 0.490 e. The molecule has 1 heterocycles. The van der Waals surface area contributed by atoms with Crippen molar-refractivity contribution in [1.82, 2.24) is 5.32 Å². The maximum Gasteiger partial charge on any atom is 0.119 e. The van der Waals surface area contributed by atoms with Gasteiger partial charge in [0.15, 0.2) is 0 Å². The fraction of sp³-hybridized carbons (Fsp3) is 0.500. The fourth-order valence-electron chi connectivity index (χ4n) is 1.52. The van der Waals surface area contributed by atoms with Crippen molar-refractivity contribution in [3.05, 3.63) is 36.6 Å². The highest BCUT2D eigenvalue weighted by molar-refractivity contribution is 5.16. The zero-order chi connectivity index (χ0) is 10.2. The molecule has 0 bridgehead atoms. The van der Waals surface area contributed by atoms with Gasteiger partial charge in [-0.1, -0.05) is 18.7 Å². The summed E-state index contributed by atoms with van der Waals surface area (Å²) in [6.07, 6.45) is 10.2. The lowest BCUT2D eigenvalue weighted by Gasteiger charge is -2.24. The van der Waals surface area contributed by atoms with Gasteiger partial charge in [-0.15, -0.1) is 0 Å². The molecule has 1 saturated heterocycles. The van der Waals surface area contributed by atoms with E-state index in [-0.39, 0.29) is 0 Å².